The normalized spacial score (nSPS) is 29.4. The van der Waals surface area contributed by atoms with Crippen molar-refractivity contribution in [1.82, 2.24) is 4.90 Å². The number of nitrogens with two attached hydrogens (primary N) is 1. The summed E-state index contributed by atoms with van der Waals surface area (Å²) in [7, 11) is 2.28. The van der Waals surface area contributed by atoms with Gasteiger partial charge in [-0.05, 0) is 44.5 Å². The Morgan fingerprint density at radius 1 is 1.18 bits per heavy atom. The molecule has 0 spiro atoms. The van der Waals surface area contributed by atoms with Gasteiger partial charge in [0, 0.05) is 36.5 Å². The number of anilines is 2. The molecule has 2 bridgehead atoms. The maximum Gasteiger partial charge on any atom is 0.0387 e. The first-order valence-electron chi connectivity index (χ1n) is 6.56. The Labute approximate surface area is 103 Å². The second-order valence-electron chi connectivity index (χ2n) is 5.38. The van der Waals surface area contributed by atoms with Crippen LogP contribution in [-0.4, -0.2) is 37.1 Å². The third kappa shape index (κ3) is 2.00. The fraction of sp³-hybridized carbons (Fsp3) is 0.571. The zero-order chi connectivity index (χ0) is 11.8. The van der Waals surface area contributed by atoms with Crippen molar-refractivity contribution in [3.63, 3.8) is 0 Å². The van der Waals surface area contributed by atoms with Gasteiger partial charge in [0.25, 0.3) is 0 Å². The summed E-state index contributed by atoms with van der Waals surface area (Å²) in [5.41, 5.74) is 8.02. The molecule has 0 aromatic heterocycles. The number of hydrogen-bond acceptors (Lipinski definition) is 3. The maximum absolute atomic E-state index is 5.87. The lowest BCUT2D eigenvalue weighted by Gasteiger charge is -2.27. The van der Waals surface area contributed by atoms with Crippen LogP contribution in [0.3, 0.4) is 0 Å². The van der Waals surface area contributed by atoms with E-state index in [4.69, 9.17) is 5.73 Å². The molecule has 2 fully saturated rings. The molecule has 2 saturated heterocycles. The molecular weight excluding hydrogens is 210 g/mol. The van der Waals surface area contributed by atoms with Gasteiger partial charge in [-0.25, -0.2) is 0 Å². The lowest BCUT2D eigenvalue weighted by molar-refractivity contribution is 0.254. The molecule has 3 heteroatoms. The summed E-state index contributed by atoms with van der Waals surface area (Å²) < 4.78 is 0. The van der Waals surface area contributed by atoms with Crippen molar-refractivity contribution < 1.29 is 0 Å². The summed E-state index contributed by atoms with van der Waals surface area (Å²) in [5, 5.41) is 0. The zero-order valence-electron chi connectivity index (χ0n) is 10.5. The van der Waals surface area contributed by atoms with Crippen molar-refractivity contribution in [3.8, 4) is 0 Å². The molecule has 2 aliphatic rings. The van der Waals surface area contributed by atoms with Gasteiger partial charge in [0.2, 0.25) is 0 Å². The quantitative estimate of drug-likeness (QED) is 0.750. The van der Waals surface area contributed by atoms with E-state index >= 15 is 0 Å². The maximum atomic E-state index is 5.87. The van der Waals surface area contributed by atoms with Gasteiger partial charge in [0.15, 0.2) is 0 Å². The van der Waals surface area contributed by atoms with Crippen LogP contribution in [0.15, 0.2) is 24.3 Å². The summed E-state index contributed by atoms with van der Waals surface area (Å²) in [6.45, 7) is 2.31. The van der Waals surface area contributed by atoms with Gasteiger partial charge < -0.3 is 10.6 Å². The van der Waals surface area contributed by atoms with E-state index in [1.165, 1.54) is 24.9 Å². The van der Waals surface area contributed by atoms with Crippen LogP contribution in [0.25, 0.3) is 0 Å². The number of benzene rings is 1. The van der Waals surface area contributed by atoms with Gasteiger partial charge >= 0.3 is 0 Å². The average Bonchev–Trinajstić information content (AvgIpc) is 2.53. The van der Waals surface area contributed by atoms with Gasteiger partial charge in [-0.2, -0.15) is 0 Å². The highest BCUT2D eigenvalue weighted by Gasteiger charge is 2.34. The van der Waals surface area contributed by atoms with Gasteiger partial charge in [-0.3, -0.25) is 4.90 Å². The van der Waals surface area contributed by atoms with Crippen molar-refractivity contribution >= 4 is 11.4 Å². The molecule has 2 N–H and O–H groups in total. The van der Waals surface area contributed by atoms with Crippen LogP contribution in [0, 0.1) is 0 Å². The Morgan fingerprint density at radius 2 is 2.00 bits per heavy atom. The van der Waals surface area contributed by atoms with Crippen LogP contribution in [0.4, 0.5) is 11.4 Å². The van der Waals surface area contributed by atoms with E-state index in [1.54, 1.807) is 0 Å². The van der Waals surface area contributed by atoms with E-state index in [-0.39, 0.29) is 0 Å². The Bertz CT molecular complexity index is 404. The molecule has 2 atom stereocenters. The Kier molecular flexibility index (Phi) is 2.71. The topological polar surface area (TPSA) is 32.5 Å². The fourth-order valence-corrected chi connectivity index (χ4v) is 3.26. The Morgan fingerprint density at radius 3 is 2.82 bits per heavy atom. The Hall–Kier alpha value is -1.22. The number of nitrogen functional groups attached to an aromatic ring is 1. The van der Waals surface area contributed by atoms with Crippen LogP contribution in [0.5, 0.6) is 0 Å². The van der Waals surface area contributed by atoms with Crippen LogP contribution < -0.4 is 10.6 Å². The molecule has 3 nitrogen and oxygen atoms in total. The van der Waals surface area contributed by atoms with Gasteiger partial charge in [0.05, 0.1) is 0 Å². The van der Waals surface area contributed by atoms with Crippen LogP contribution in [0.2, 0.25) is 0 Å². The van der Waals surface area contributed by atoms with Crippen molar-refractivity contribution in [2.75, 3.05) is 30.8 Å². The van der Waals surface area contributed by atoms with Crippen molar-refractivity contribution in [2.45, 2.75) is 31.3 Å². The summed E-state index contributed by atoms with van der Waals surface area (Å²) in [5.74, 6) is 0. The van der Waals surface area contributed by atoms with Crippen LogP contribution in [0.1, 0.15) is 19.3 Å². The largest absolute Gasteiger partial charge is 0.399 e. The molecule has 1 aromatic carbocycles. The summed E-state index contributed by atoms with van der Waals surface area (Å²) in [6, 6.07) is 9.81. The Balaban J connectivity index is 1.81. The number of nitrogens with zero attached hydrogens (tertiary/aromatic N) is 2. The highest BCUT2D eigenvalue weighted by molar-refractivity contribution is 5.56. The molecule has 3 rings (SSSR count). The number of hydrogen-bond donors (Lipinski definition) is 1. The van der Waals surface area contributed by atoms with Gasteiger partial charge in [-0.15, -0.1) is 0 Å². The molecule has 2 aliphatic heterocycles. The van der Waals surface area contributed by atoms with E-state index in [2.05, 4.69) is 35.0 Å². The molecule has 0 radical (unpaired) electrons. The molecule has 2 heterocycles. The molecule has 2 unspecified atom stereocenters. The van der Waals surface area contributed by atoms with Crippen molar-refractivity contribution in [2.24, 2.45) is 0 Å². The monoisotopic (exact) mass is 231 g/mol. The molecule has 1 aromatic rings. The minimum atomic E-state index is 0.726. The predicted molar refractivity (Wildman–Crippen MR) is 72.3 cm³/mol. The minimum Gasteiger partial charge on any atom is -0.399 e. The van der Waals surface area contributed by atoms with E-state index < -0.39 is 0 Å². The van der Waals surface area contributed by atoms with Gasteiger partial charge in [0.1, 0.15) is 0 Å². The van der Waals surface area contributed by atoms with Crippen molar-refractivity contribution in [3.05, 3.63) is 24.3 Å². The first-order chi connectivity index (χ1) is 8.24. The lowest BCUT2D eigenvalue weighted by Crippen LogP contribution is -2.36. The smallest absolute Gasteiger partial charge is 0.0387 e. The SMILES string of the molecule is CN1C2CCC1CN(c1cccc(N)c1)CC2. The standard InChI is InChI=1S/C14H21N3/c1-16-12-5-6-14(16)10-17(8-7-12)13-4-2-3-11(15)9-13/h2-4,9,12,14H,5-8,10,15H2,1H3. The number of fused-ring (bicyclic) bond motifs is 2. The summed E-state index contributed by atoms with van der Waals surface area (Å²) in [4.78, 5) is 5.07. The first-order valence-corrected chi connectivity index (χ1v) is 6.56. The lowest BCUT2D eigenvalue weighted by atomic mass is 10.1. The third-order valence-corrected chi connectivity index (χ3v) is 4.38. The summed E-state index contributed by atoms with van der Waals surface area (Å²) >= 11 is 0. The van der Waals surface area contributed by atoms with E-state index in [9.17, 15) is 0 Å². The molecule has 0 saturated carbocycles. The highest BCUT2D eigenvalue weighted by atomic mass is 15.3. The summed E-state index contributed by atoms with van der Waals surface area (Å²) in [6.07, 6.45) is 4.01. The van der Waals surface area contributed by atoms with Crippen molar-refractivity contribution in [1.29, 1.82) is 0 Å². The van der Waals surface area contributed by atoms with Crippen LogP contribution >= 0.6 is 0 Å². The molecule has 92 valence electrons. The van der Waals surface area contributed by atoms with E-state index in [0.29, 0.717) is 0 Å². The molecule has 17 heavy (non-hydrogen) atoms. The number of likely N-dealkylation sites (N-methyl/N-ethyl adjacent to an activating group) is 1. The molecule has 0 aliphatic carbocycles. The van der Waals surface area contributed by atoms with Gasteiger partial charge in [-0.1, -0.05) is 6.07 Å². The first kappa shape index (κ1) is 10.9. The minimum absolute atomic E-state index is 0.726. The fourth-order valence-electron chi connectivity index (χ4n) is 3.26. The second kappa shape index (κ2) is 4.22. The number of rotatable bonds is 1. The second-order valence-corrected chi connectivity index (χ2v) is 5.38. The highest BCUT2D eigenvalue weighted by Crippen LogP contribution is 2.31. The molecule has 0 amide bonds. The predicted octanol–water partition coefficient (Wildman–Crippen LogP) is 1.94. The average molecular weight is 231 g/mol. The van der Waals surface area contributed by atoms with E-state index in [0.717, 1.165) is 30.9 Å². The van der Waals surface area contributed by atoms with Crippen LogP contribution in [-0.2, 0) is 0 Å². The molecular formula is C14H21N3. The van der Waals surface area contributed by atoms with E-state index in [1.807, 2.05) is 6.07 Å². The zero-order valence-corrected chi connectivity index (χ0v) is 10.5. The third-order valence-electron chi connectivity index (χ3n) is 4.38.